The normalized spacial score (nSPS) is 9.62. The third-order valence-corrected chi connectivity index (χ3v) is 3.39. The SMILES string of the molecule is CCCCCC.ClCCl.NCCc1ccnc(CCN)c1CCN. The van der Waals surface area contributed by atoms with E-state index in [1.165, 1.54) is 36.8 Å². The van der Waals surface area contributed by atoms with Gasteiger partial charge in [0.05, 0.1) is 5.34 Å². The molecule has 1 heterocycles. The van der Waals surface area contributed by atoms with E-state index < -0.39 is 0 Å². The summed E-state index contributed by atoms with van der Waals surface area (Å²) >= 11 is 9.53. The Bertz CT molecular complexity index is 348. The Morgan fingerprint density at radius 1 is 0.875 bits per heavy atom. The predicted molar refractivity (Wildman–Crippen MR) is 109 cm³/mol. The minimum absolute atomic E-state index is 0.194. The van der Waals surface area contributed by atoms with Gasteiger partial charge in [0.25, 0.3) is 0 Å². The lowest BCUT2D eigenvalue weighted by Gasteiger charge is -2.12. The topological polar surface area (TPSA) is 90.9 Å². The number of hydrogen-bond acceptors (Lipinski definition) is 4. The van der Waals surface area contributed by atoms with Crippen LogP contribution in [-0.4, -0.2) is 30.0 Å². The zero-order valence-corrected chi connectivity index (χ0v) is 16.9. The molecule has 0 radical (unpaired) electrons. The van der Waals surface area contributed by atoms with Crippen LogP contribution in [0.5, 0.6) is 0 Å². The molecule has 0 unspecified atom stereocenters. The van der Waals surface area contributed by atoms with Gasteiger partial charge in [-0.3, -0.25) is 4.98 Å². The van der Waals surface area contributed by atoms with Crippen LogP contribution in [-0.2, 0) is 19.3 Å². The lowest BCUT2D eigenvalue weighted by molar-refractivity contribution is 0.702. The van der Waals surface area contributed by atoms with Crippen LogP contribution < -0.4 is 17.2 Å². The number of halogens is 2. The van der Waals surface area contributed by atoms with Crippen molar-refractivity contribution in [2.75, 3.05) is 25.0 Å². The Hall–Kier alpha value is -0.390. The summed E-state index contributed by atoms with van der Waals surface area (Å²) in [7, 11) is 0. The highest BCUT2D eigenvalue weighted by molar-refractivity contribution is 6.40. The molecule has 0 fully saturated rings. The summed E-state index contributed by atoms with van der Waals surface area (Å²) in [6.45, 7) is 6.38. The molecule has 0 saturated heterocycles. The molecule has 0 aliphatic carbocycles. The zero-order valence-electron chi connectivity index (χ0n) is 15.4. The molecule has 24 heavy (non-hydrogen) atoms. The maximum Gasteiger partial charge on any atom is 0.0967 e. The van der Waals surface area contributed by atoms with Crippen LogP contribution >= 0.6 is 23.2 Å². The average molecular weight is 379 g/mol. The summed E-state index contributed by atoms with van der Waals surface area (Å²) in [6.07, 6.45) is 9.92. The summed E-state index contributed by atoms with van der Waals surface area (Å²) in [6, 6.07) is 2.03. The van der Waals surface area contributed by atoms with Crippen molar-refractivity contribution in [3.8, 4) is 0 Å². The third kappa shape index (κ3) is 14.0. The van der Waals surface area contributed by atoms with Gasteiger partial charge in [-0.25, -0.2) is 0 Å². The van der Waals surface area contributed by atoms with Gasteiger partial charge in [-0.1, -0.05) is 39.5 Å². The molecule has 0 saturated carbocycles. The fourth-order valence-electron chi connectivity index (χ4n) is 2.27. The lowest BCUT2D eigenvalue weighted by Crippen LogP contribution is -2.14. The van der Waals surface area contributed by atoms with E-state index in [2.05, 4.69) is 18.8 Å². The molecule has 6 heteroatoms. The largest absolute Gasteiger partial charge is 0.330 e. The van der Waals surface area contributed by atoms with Crippen LogP contribution in [0.4, 0.5) is 0 Å². The smallest absolute Gasteiger partial charge is 0.0967 e. The van der Waals surface area contributed by atoms with Crippen molar-refractivity contribution < 1.29 is 0 Å². The second-order valence-corrected chi connectivity index (χ2v) is 6.13. The molecule has 0 aliphatic heterocycles. The lowest BCUT2D eigenvalue weighted by atomic mass is 9.99. The van der Waals surface area contributed by atoms with Gasteiger partial charge in [0.15, 0.2) is 0 Å². The molecule has 6 N–H and O–H groups in total. The maximum absolute atomic E-state index is 5.60. The quantitative estimate of drug-likeness (QED) is 0.452. The monoisotopic (exact) mass is 378 g/mol. The van der Waals surface area contributed by atoms with Crippen molar-refractivity contribution in [3.63, 3.8) is 0 Å². The van der Waals surface area contributed by atoms with Crippen molar-refractivity contribution >= 4 is 23.2 Å². The standard InChI is InChI=1S/C11H20N4.C6H14.CH2Cl2/c12-5-1-9-4-8-15-11(3-7-14)10(9)2-6-13;1-3-5-6-4-2;2-1-3/h4,8H,1-3,5-7,12-14H2;3-6H2,1-2H3;1H2. The molecule has 0 spiro atoms. The second kappa shape index (κ2) is 20.7. The number of unbranched alkanes of at least 4 members (excludes halogenated alkanes) is 3. The van der Waals surface area contributed by atoms with Gasteiger partial charge in [0.1, 0.15) is 0 Å². The van der Waals surface area contributed by atoms with Gasteiger partial charge in [-0.2, -0.15) is 0 Å². The van der Waals surface area contributed by atoms with Crippen molar-refractivity contribution in [2.24, 2.45) is 17.2 Å². The second-order valence-electron chi connectivity index (χ2n) is 5.32. The predicted octanol–water partition coefficient (Wildman–Crippen LogP) is 3.59. The van der Waals surface area contributed by atoms with Gasteiger partial charge in [-0.05, 0) is 49.7 Å². The Morgan fingerprint density at radius 3 is 1.79 bits per heavy atom. The summed E-state index contributed by atoms with van der Waals surface area (Å²) in [5.41, 5.74) is 20.3. The van der Waals surface area contributed by atoms with E-state index in [4.69, 9.17) is 40.4 Å². The first-order valence-electron chi connectivity index (χ1n) is 8.84. The maximum atomic E-state index is 5.60. The van der Waals surface area contributed by atoms with Crippen molar-refractivity contribution in [3.05, 3.63) is 29.1 Å². The van der Waals surface area contributed by atoms with Gasteiger partial charge < -0.3 is 17.2 Å². The summed E-state index contributed by atoms with van der Waals surface area (Å²) in [5.74, 6) is 0. The van der Waals surface area contributed by atoms with E-state index in [9.17, 15) is 0 Å². The van der Waals surface area contributed by atoms with Crippen LogP contribution in [0.15, 0.2) is 12.3 Å². The zero-order chi connectivity index (χ0) is 18.6. The molecule has 4 nitrogen and oxygen atoms in total. The molecule has 1 aromatic heterocycles. The van der Waals surface area contributed by atoms with E-state index in [0.717, 1.165) is 25.0 Å². The van der Waals surface area contributed by atoms with E-state index in [-0.39, 0.29) is 5.34 Å². The first-order chi connectivity index (χ1) is 11.7. The van der Waals surface area contributed by atoms with Gasteiger partial charge in [0, 0.05) is 18.3 Å². The van der Waals surface area contributed by atoms with Crippen LogP contribution in [0.25, 0.3) is 0 Å². The number of rotatable bonds is 9. The average Bonchev–Trinajstić information content (AvgIpc) is 2.58. The molecular weight excluding hydrogens is 343 g/mol. The van der Waals surface area contributed by atoms with E-state index in [1.54, 1.807) is 0 Å². The molecule has 1 rings (SSSR count). The Labute approximate surface area is 158 Å². The van der Waals surface area contributed by atoms with Gasteiger partial charge in [-0.15, -0.1) is 23.2 Å². The molecule has 1 aromatic rings. The molecule has 0 amide bonds. The number of pyridine rings is 1. The van der Waals surface area contributed by atoms with Crippen molar-refractivity contribution in [1.82, 2.24) is 4.98 Å². The molecular formula is C18H36Cl2N4. The molecule has 0 atom stereocenters. The number of nitrogens with two attached hydrogens (primary N) is 3. The number of aromatic nitrogens is 1. The minimum Gasteiger partial charge on any atom is -0.330 e. The van der Waals surface area contributed by atoms with Crippen LogP contribution in [0.3, 0.4) is 0 Å². The summed E-state index contributed by atoms with van der Waals surface area (Å²) in [4.78, 5) is 4.35. The molecule has 142 valence electrons. The highest BCUT2D eigenvalue weighted by atomic mass is 35.5. The highest BCUT2D eigenvalue weighted by Gasteiger charge is 2.07. The Kier molecular flexibility index (Phi) is 22.2. The third-order valence-electron chi connectivity index (χ3n) is 3.39. The fourth-order valence-corrected chi connectivity index (χ4v) is 2.27. The molecule has 0 aromatic carbocycles. The number of alkyl halides is 2. The van der Waals surface area contributed by atoms with Crippen LogP contribution in [0.2, 0.25) is 0 Å². The van der Waals surface area contributed by atoms with Crippen molar-refractivity contribution in [1.29, 1.82) is 0 Å². The van der Waals surface area contributed by atoms with Crippen LogP contribution in [0.1, 0.15) is 56.4 Å². The van der Waals surface area contributed by atoms with E-state index in [1.807, 2.05) is 12.3 Å². The molecule has 0 bridgehead atoms. The van der Waals surface area contributed by atoms with Crippen LogP contribution in [0, 0.1) is 0 Å². The van der Waals surface area contributed by atoms with Gasteiger partial charge >= 0.3 is 0 Å². The van der Waals surface area contributed by atoms with E-state index >= 15 is 0 Å². The van der Waals surface area contributed by atoms with Crippen molar-refractivity contribution in [2.45, 2.75) is 58.8 Å². The summed E-state index contributed by atoms with van der Waals surface area (Å²) in [5, 5.41) is 0.194. The Morgan fingerprint density at radius 2 is 1.38 bits per heavy atom. The number of nitrogens with zero attached hydrogens (tertiary/aromatic N) is 1. The van der Waals surface area contributed by atoms with Gasteiger partial charge in [0.2, 0.25) is 0 Å². The Balaban J connectivity index is 0. The molecule has 0 aliphatic rings. The summed E-state index contributed by atoms with van der Waals surface area (Å²) < 4.78 is 0. The van der Waals surface area contributed by atoms with E-state index in [0.29, 0.717) is 19.6 Å². The first kappa shape index (κ1) is 25.8. The minimum atomic E-state index is 0.194. The fraction of sp³-hybridized carbons (Fsp3) is 0.722. The highest BCUT2D eigenvalue weighted by Crippen LogP contribution is 2.14. The number of hydrogen-bond donors (Lipinski definition) is 3. The first-order valence-corrected chi connectivity index (χ1v) is 9.91.